The van der Waals surface area contributed by atoms with Gasteiger partial charge in [0, 0.05) is 17.6 Å². The molecule has 1 aliphatic rings. The number of nitrogens with zero attached hydrogens (tertiary/aromatic N) is 1. The van der Waals surface area contributed by atoms with Crippen molar-refractivity contribution < 1.29 is 9.18 Å². The number of piperidine rings is 1. The Morgan fingerprint density at radius 2 is 2.00 bits per heavy atom. The van der Waals surface area contributed by atoms with Crippen molar-refractivity contribution in [3.8, 4) is 0 Å². The molecule has 2 unspecified atom stereocenters. The van der Waals surface area contributed by atoms with Gasteiger partial charge in [-0.3, -0.25) is 10.2 Å². The normalized spacial score (nSPS) is 24.2. The van der Waals surface area contributed by atoms with Crippen LogP contribution in [0.4, 0.5) is 10.1 Å². The molecule has 0 aromatic heterocycles. The molecule has 0 bridgehead atoms. The standard InChI is InChI=1S/C14H20FN3O/c1-9-4-3-5-10(2)18(9)17-14(19)11-6-7-12(15)13(16)8-11/h6-10H,3-5,16H2,1-2H3,(H,17,19). The number of carbonyl (C=O) groups is 1. The zero-order valence-corrected chi connectivity index (χ0v) is 11.3. The lowest BCUT2D eigenvalue weighted by molar-refractivity contribution is 0.0370. The molecule has 1 amide bonds. The lowest BCUT2D eigenvalue weighted by atomic mass is 10.00. The number of nitrogen functional groups attached to an aromatic ring is 1. The van der Waals surface area contributed by atoms with Crippen LogP contribution >= 0.6 is 0 Å². The smallest absolute Gasteiger partial charge is 0.265 e. The molecule has 1 fully saturated rings. The van der Waals surface area contributed by atoms with Crippen LogP contribution in [-0.4, -0.2) is 23.0 Å². The van der Waals surface area contributed by atoms with Crippen molar-refractivity contribution >= 4 is 11.6 Å². The van der Waals surface area contributed by atoms with Crippen molar-refractivity contribution in [3.05, 3.63) is 29.6 Å². The lowest BCUT2D eigenvalue weighted by Crippen LogP contribution is -2.54. The van der Waals surface area contributed by atoms with E-state index in [0.29, 0.717) is 17.6 Å². The third kappa shape index (κ3) is 3.04. The molecule has 5 heteroatoms. The minimum Gasteiger partial charge on any atom is -0.396 e. The second-order valence-electron chi connectivity index (χ2n) is 5.21. The topological polar surface area (TPSA) is 58.4 Å². The highest BCUT2D eigenvalue weighted by Crippen LogP contribution is 2.21. The summed E-state index contributed by atoms with van der Waals surface area (Å²) in [4.78, 5) is 12.1. The first kappa shape index (κ1) is 13.8. The minimum atomic E-state index is -0.503. The van der Waals surface area contributed by atoms with Crippen LogP contribution in [0.5, 0.6) is 0 Å². The fraction of sp³-hybridized carbons (Fsp3) is 0.500. The number of hydrazine groups is 1. The molecule has 1 aromatic carbocycles. The maximum atomic E-state index is 13.1. The van der Waals surface area contributed by atoms with Crippen molar-refractivity contribution in [2.45, 2.75) is 45.2 Å². The Bertz CT molecular complexity index is 468. The molecule has 0 spiro atoms. The first-order chi connectivity index (χ1) is 8.99. The summed E-state index contributed by atoms with van der Waals surface area (Å²) >= 11 is 0. The highest BCUT2D eigenvalue weighted by molar-refractivity contribution is 5.94. The van der Waals surface area contributed by atoms with Crippen LogP contribution in [-0.2, 0) is 0 Å². The van der Waals surface area contributed by atoms with Gasteiger partial charge in [0.1, 0.15) is 5.82 Å². The average molecular weight is 265 g/mol. The number of benzene rings is 1. The number of hydrogen-bond donors (Lipinski definition) is 2. The molecule has 0 radical (unpaired) electrons. The molecular formula is C14H20FN3O. The molecule has 0 saturated carbocycles. The highest BCUT2D eigenvalue weighted by Gasteiger charge is 2.26. The van der Waals surface area contributed by atoms with Gasteiger partial charge in [0.2, 0.25) is 0 Å². The van der Waals surface area contributed by atoms with E-state index < -0.39 is 5.82 Å². The Kier molecular flexibility index (Phi) is 4.04. The Morgan fingerprint density at radius 1 is 1.37 bits per heavy atom. The molecule has 1 aromatic rings. The third-order valence-electron chi connectivity index (χ3n) is 3.68. The lowest BCUT2D eigenvalue weighted by Gasteiger charge is -2.38. The number of carbonyl (C=O) groups excluding carboxylic acids is 1. The Balaban J connectivity index is 2.09. The van der Waals surface area contributed by atoms with Gasteiger partial charge in [-0.25, -0.2) is 9.40 Å². The van der Waals surface area contributed by atoms with E-state index in [1.807, 2.05) is 5.01 Å². The highest BCUT2D eigenvalue weighted by atomic mass is 19.1. The predicted octanol–water partition coefficient (Wildman–Crippen LogP) is 2.32. The van der Waals surface area contributed by atoms with Gasteiger partial charge in [0.05, 0.1) is 5.69 Å². The molecule has 1 saturated heterocycles. The predicted molar refractivity (Wildman–Crippen MR) is 72.9 cm³/mol. The van der Waals surface area contributed by atoms with Crippen LogP contribution in [0.2, 0.25) is 0 Å². The fourth-order valence-electron chi connectivity index (χ4n) is 2.51. The summed E-state index contributed by atoms with van der Waals surface area (Å²) in [6.07, 6.45) is 3.31. The number of halogens is 1. The molecule has 0 aliphatic carbocycles. The summed E-state index contributed by atoms with van der Waals surface area (Å²) in [6, 6.07) is 4.65. The molecule has 1 heterocycles. The summed E-state index contributed by atoms with van der Waals surface area (Å²) in [5.74, 6) is -0.747. The molecule has 4 nitrogen and oxygen atoms in total. The average Bonchev–Trinajstić information content (AvgIpc) is 2.37. The van der Waals surface area contributed by atoms with E-state index in [1.54, 1.807) is 0 Å². The van der Waals surface area contributed by atoms with Crippen LogP contribution in [0.3, 0.4) is 0 Å². The van der Waals surface area contributed by atoms with Crippen molar-refractivity contribution in [2.24, 2.45) is 0 Å². The molecule has 3 N–H and O–H groups in total. The number of anilines is 1. The number of hydrogen-bond acceptors (Lipinski definition) is 3. The van der Waals surface area contributed by atoms with E-state index in [-0.39, 0.29) is 11.6 Å². The fourth-order valence-corrected chi connectivity index (χ4v) is 2.51. The van der Waals surface area contributed by atoms with Crippen LogP contribution in [0, 0.1) is 5.82 Å². The van der Waals surface area contributed by atoms with Crippen LogP contribution in [0.15, 0.2) is 18.2 Å². The van der Waals surface area contributed by atoms with E-state index in [0.717, 1.165) is 12.8 Å². The van der Waals surface area contributed by atoms with Gasteiger partial charge in [-0.2, -0.15) is 0 Å². The molecule has 2 rings (SSSR count). The van der Waals surface area contributed by atoms with Gasteiger partial charge in [0.25, 0.3) is 5.91 Å². The molecule has 2 atom stereocenters. The Labute approximate surface area is 112 Å². The Hall–Kier alpha value is -1.62. The third-order valence-corrected chi connectivity index (χ3v) is 3.68. The maximum Gasteiger partial charge on any atom is 0.265 e. The van der Waals surface area contributed by atoms with Crippen LogP contribution < -0.4 is 11.2 Å². The van der Waals surface area contributed by atoms with Crippen molar-refractivity contribution in [1.82, 2.24) is 10.4 Å². The first-order valence-corrected chi connectivity index (χ1v) is 6.63. The summed E-state index contributed by atoms with van der Waals surface area (Å²) in [5, 5.41) is 1.98. The molecule has 104 valence electrons. The zero-order valence-electron chi connectivity index (χ0n) is 11.3. The largest absolute Gasteiger partial charge is 0.396 e. The number of amides is 1. The van der Waals surface area contributed by atoms with Crippen LogP contribution in [0.1, 0.15) is 43.5 Å². The van der Waals surface area contributed by atoms with Crippen molar-refractivity contribution in [2.75, 3.05) is 5.73 Å². The van der Waals surface area contributed by atoms with Crippen LogP contribution in [0.25, 0.3) is 0 Å². The summed E-state index contributed by atoms with van der Waals surface area (Å²) in [6.45, 7) is 4.18. The van der Waals surface area contributed by atoms with E-state index in [1.165, 1.54) is 24.6 Å². The van der Waals surface area contributed by atoms with E-state index in [9.17, 15) is 9.18 Å². The quantitative estimate of drug-likeness (QED) is 0.807. The van der Waals surface area contributed by atoms with E-state index in [4.69, 9.17) is 5.73 Å². The van der Waals surface area contributed by atoms with Crippen molar-refractivity contribution in [3.63, 3.8) is 0 Å². The second-order valence-corrected chi connectivity index (χ2v) is 5.21. The number of rotatable bonds is 2. The van der Waals surface area contributed by atoms with Gasteiger partial charge < -0.3 is 5.73 Å². The molecular weight excluding hydrogens is 245 g/mol. The maximum absolute atomic E-state index is 13.1. The van der Waals surface area contributed by atoms with Crippen molar-refractivity contribution in [1.29, 1.82) is 0 Å². The summed E-state index contributed by atoms with van der Waals surface area (Å²) < 4.78 is 13.1. The first-order valence-electron chi connectivity index (χ1n) is 6.63. The van der Waals surface area contributed by atoms with Gasteiger partial charge in [-0.05, 0) is 44.9 Å². The van der Waals surface area contributed by atoms with Gasteiger partial charge in [-0.15, -0.1) is 0 Å². The van der Waals surface area contributed by atoms with Gasteiger partial charge in [0.15, 0.2) is 0 Å². The molecule has 1 aliphatic heterocycles. The summed E-state index contributed by atoms with van der Waals surface area (Å²) in [5.41, 5.74) is 8.75. The van der Waals surface area contributed by atoms with Gasteiger partial charge >= 0.3 is 0 Å². The monoisotopic (exact) mass is 265 g/mol. The van der Waals surface area contributed by atoms with E-state index >= 15 is 0 Å². The minimum absolute atomic E-state index is 0.00705. The second kappa shape index (κ2) is 5.57. The number of nitrogens with one attached hydrogen (secondary N) is 1. The summed E-state index contributed by atoms with van der Waals surface area (Å²) in [7, 11) is 0. The van der Waals surface area contributed by atoms with E-state index in [2.05, 4.69) is 19.3 Å². The zero-order chi connectivity index (χ0) is 14.0. The molecule has 19 heavy (non-hydrogen) atoms. The number of nitrogens with two attached hydrogens (primary N) is 1. The SMILES string of the molecule is CC1CCCC(C)N1NC(=O)c1ccc(F)c(N)c1. The van der Waals surface area contributed by atoms with Gasteiger partial charge in [-0.1, -0.05) is 6.42 Å². The Morgan fingerprint density at radius 3 is 2.58 bits per heavy atom.